The third kappa shape index (κ3) is 8.31. The third-order valence-electron chi connectivity index (χ3n) is 2.91. The Balaban J connectivity index is 4.87. The number of hydrogen-bond donors (Lipinski definition) is 0. The van der Waals surface area contributed by atoms with Crippen LogP contribution in [0.2, 0.25) is 0 Å². The lowest BCUT2D eigenvalue weighted by atomic mass is 9.97. The highest BCUT2D eigenvalue weighted by Crippen LogP contribution is 2.20. The zero-order chi connectivity index (χ0) is 19.3. The maximum Gasteiger partial charge on any atom is 0.311 e. The topological polar surface area (TPSA) is 78.9 Å². The smallest absolute Gasteiger partial charge is 0.311 e. The Morgan fingerprint density at radius 1 is 0.625 bits per heavy atom. The number of esters is 3. The first-order valence-corrected chi connectivity index (χ1v) is 8.10. The van der Waals surface area contributed by atoms with E-state index in [4.69, 9.17) is 14.2 Å². The van der Waals surface area contributed by atoms with Gasteiger partial charge in [-0.3, -0.25) is 14.4 Å². The van der Waals surface area contributed by atoms with Crippen molar-refractivity contribution >= 4 is 17.9 Å². The van der Waals surface area contributed by atoms with E-state index in [1.807, 2.05) is 0 Å². The van der Waals surface area contributed by atoms with Crippen LogP contribution in [-0.4, -0.2) is 37.2 Å². The van der Waals surface area contributed by atoms with Crippen LogP contribution in [0.4, 0.5) is 0 Å². The van der Waals surface area contributed by atoms with Crippen LogP contribution in [0.5, 0.6) is 0 Å². The van der Waals surface area contributed by atoms with Gasteiger partial charge in [-0.25, -0.2) is 0 Å². The molecule has 0 heterocycles. The molecule has 0 rings (SSSR count). The molecule has 0 unspecified atom stereocenters. The van der Waals surface area contributed by atoms with Crippen molar-refractivity contribution in [3.05, 3.63) is 0 Å². The van der Waals surface area contributed by atoms with Gasteiger partial charge in [0.1, 0.15) is 13.2 Å². The van der Waals surface area contributed by atoms with Crippen molar-refractivity contribution in [1.29, 1.82) is 0 Å². The summed E-state index contributed by atoms with van der Waals surface area (Å²) >= 11 is 0. The molecule has 0 saturated carbocycles. The molecule has 6 heteroatoms. The van der Waals surface area contributed by atoms with Crippen LogP contribution < -0.4 is 0 Å². The van der Waals surface area contributed by atoms with Crippen molar-refractivity contribution in [3.8, 4) is 0 Å². The molecule has 0 aliphatic heterocycles. The summed E-state index contributed by atoms with van der Waals surface area (Å²) in [5.41, 5.74) is -2.04. The first-order valence-electron chi connectivity index (χ1n) is 8.10. The molecule has 0 aliphatic carbocycles. The van der Waals surface area contributed by atoms with Gasteiger partial charge in [0.2, 0.25) is 0 Å². The molecule has 0 aliphatic rings. The van der Waals surface area contributed by atoms with Crippen molar-refractivity contribution in [2.45, 2.75) is 68.4 Å². The van der Waals surface area contributed by atoms with Gasteiger partial charge in [0.25, 0.3) is 0 Å². The molecule has 0 bridgehead atoms. The number of hydrogen-bond acceptors (Lipinski definition) is 6. The lowest BCUT2D eigenvalue weighted by molar-refractivity contribution is -0.176. The van der Waals surface area contributed by atoms with E-state index in [2.05, 4.69) is 0 Å². The molecule has 0 aromatic rings. The predicted molar refractivity (Wildman–Crippen MR) is 90.2 cm³/mol. The van der Waals surface area contributed by atoms with E-state index < -0.39 is 40.3 Å². The molecule has 0 amide bonds. The lowest BCUT2D eigenvalue weighted by Gasteiger charge is -2.25. The zero-order valence-corrected chi connectivity index (χ0v) is 16.4. The summed E-state index contributed by atoms with van der Waals surface area (Å²) in [4.78, 5) is 35.8. The van der Waals surface area contributed by atoms with Gasteiger partial charge in [-0.15, -0.1) is 0 Å². The highest BCUT2D eigenvalue weighted by molar-refractivity contribution is 5.77. The number of rotatable bonds is 5. The summed E-state index contributed by atoms with van der Waals surface area (Å²) in [5, 5.41) is 0. The van der Waals surface area contributed by atoms with Crippen molar-refractivity contribution < 1.29 is 28.6 Å². The minimum atomic E-state index is -0.839. The van der Waals surface area contributed by atoms with Gasteiger partial charge in [0.15, 0.2) is 6.10 Å². The molecule has 0 aromatic heterocycles. The highest BCUT2D eigenvalue weighted by atomic mass is 16.6. The Kier molecular flexibility index (Phi) is 7.46. The summed E-state index contributed by atoms with van der Waals surface area (Å²) < 4.78 is 15.7. The standard InChI is InChI=1S/C18H32O6/c1-16(2,3)13(19)22-10-12(24-15(21)18(7,8)9)11-23-14(20)17(4,5)6/h12H,10-11H2,1-9H3. The minimum Gasteiger partial charge on any atom is -0.461 e. The largest absolute Gasteiger partial charge is 0.461 e. The fraction of sp³-hybridized carbons (Fsp3) is 0.833. The maximum absolute atomic E-state index is 12.1. The van der Waals surface area contributed by atoms with E-state index >= 15 is 0 Å². The van der Waals surface area contributed by atoms with E-state index in [-0.39, 0.29) is 13.2 Å². The first-order chi connectivity index (χ1) is 10.5. The average Bonchev–Trinajstić information content (AvgIpc) is 2.37. The molecule has 0 aromatic carbocycles. The molecule has 0 fully saturated rings. The van der Waals surface area contributed by atoms with E-state index in [1.165, 1.54) is 0 Å². The van der Waals surface area contributed by atoms with E-state index in [1.54, 1.807) is 62.3 Å². The van der Waals surface area contributed by atoms with Gasteiger partial charge in [0.05, 0.1) is 16.2 Å². The van der Waals surface area contributed by atoms with Crippen molar-refractivity contribution in [3.63, 3.8) is 0 Å². The summed E-state index contributed by atoms with van der Waals surface area (Å²) in [7, 11) is 0. The van der Waals surface area contributed by atoms with Crippen molar-refractivity contribution in [2.24, 2.45) is 16.2 Å². The molecule has 0 spiro atoms. The average molecular weight is 344 g/mol. The van der Waals surface area contributed by atoms with Crippen molar-refractivity contribution in [2.75, 3.05) is 13.2 Å². The molecule has 0 N–H and O–H groups in total. The molecular weight excluding hydrogens is 312 g/mol. The Morgan fingerprint density at radius 3 is 1.17 bits per heavy atom. The second-order valence-corrected chi connectivity index (χ2v) is 8.97. The van der Waals surface area contributed by atoms with Crippen LogP contribution in [0.3, 0.4) is 0 Å². The molecule has 0 saturated heterocycles. The normalized spacial score (nSPS) is 12.8. The Morgan fingerprint density at radius 2 is 0.917 bits per heavy atom. The molecule has 6 nitrogen and oxygen atoms in total. The quantitative estimate of drug-likeness (QED) is 0.563. The fourth-order valence-corrected chi connectivity index (χ4v) is 1.21. The van der Waals surface area contributed by atoms with Gasteiger partial charge < -0.3 is 14.2 Å². The number of carbonyl (C=O) groups excluding carboxylic acids is 3. The first kappa shape index (κ1) is 22.4. The van der Waals surface area contributed by atoms with Gasteiger partial charge in [-0.05, 0) is 62.3 Å². The van der Waals surface area contributed by atoms with Gasteiger partial charge in [0, 0.05) is 0 Å². The summed E-state index contributed by atoms with van der Waals surface area (Å²) in [6.07, 6.45) is -0.839. The molecule has 140 valence electrons. The second-order valence-electron chi connectivity index (χ2n) is 8.97. The van der Waals surface area contributed by atoms with E-state index in [9.17, 15) is 14.4 Å². The zero-order valence-electron chi connectivity index (χ0n) is 16.4. The van der Waals surface area contributed by atoms with Crippen LogP contribution in [0.1, 0.15) is 62.3 Å². The van der Waals surface area contributed by atoms with Gasteiger partial charge in [-0.2, -0.15) is 0 Å². The Hall–Kier alpha value is -1.59. The Bertz CT molecular complexity index is 429. The fourth-order valence-electron chi connectivity index (χ4n) is 1.21. The maximum atomic E-state index is 12.1. The third-order valence-corrected chi connectivity index (χ3v) is 2.91. The van der Waals surface area contributed by atoms with Crippen LogP contribution >= 0.6 is 0 Å². The van der Waals surface area contributed by atoms with E-state index in [0.717, 1.165) is 0 Å². The summed E-state index contributed by atoms with van der Waals surface area (Å²) in [5.74, 6) is -1.28. The van der Waals surface area contributed by atoms with Gasteiger partial charge in [-0.1, -0.05) is 0 Å². The van der Waals surface area contributed by atoms with E-state index in [0.29, 0.717) is 0 Å². The molecule has 24 heavy (non-hydrogen) atoms. The molecule has 0 atom stereocenters. The lowest BCUT2D eigenvalue weighted by Crippen LogP contribution is -2.37. The highest BCUT2D eigenvalue weighted by Gasteiger charge is 2.31. The SMILES string of the molecule is CC(C)(C)C(=O)OCC(COC(=O)C(C)(C)C)OC(=O)C(C)(C)C. The summed E-state index contributed by atoms with van der Waals surface area (Å²) in [6.45, 7) is 15.2. The second kappa shape index (κ2) is 7.99. The summed E-state index contributed by atoms with van der Waals surface area (Å²) in [6, 6.07) is 0. The Labute approximate surface area is 145 Å². The minimum absolute atomic E-state index is 0.157. The number of carbonyl (C=O) groups is 3. The van der Waals surface area contributed by atoms with Crippen LogP contribution in [0.25, 0.3) is 0 Å². The predicted octanol–water partition coefficient (Wildman–Crippen LogP) is 3.12. The molecular formula is C18H32O6. The monoisotopic (exact) mass is 344 g/mol. The van der Waals surface area contributed by atoms with Crippen molar-refractivity contribution in [1.82, 2.24) is 0 Å². The van der Waals surface area contributed by atoms with Gasteiger partial charge >= 0.3 is 17.9 Å². The number of ether oxygens (including phenoxy) is 3. The van der Waals surface area contributed by atoms with Crippen LogP contribution in [0.15, 0.2) is 0 Å². The van der Waals surface area contributed by atoms with Crippen LogP contribution in [-0.2, 0) is 28.6 Å². The molecule has 0 radical (unpaired) electrons. The van der Waals surface area contributed by atoms with Crippen LogP contribution in [0, 0.1) is 16.2 Å².